The predicted octanol–water partition coefficient (Wildman–Crippen LogP) is 2.99. The molecule has 4 rings (SSSR count). The van der Waals surface area contributed by atoms with Crippen LogP contribution in [0.4, 0.5) is 0 Å². The quantitative estimate of drug-likeness (QED) is 0.642. The lowest BCUT2D eigenvalue weighted by Crippen LogP contribution is -2.50. The molecule has 0 bridgehead atoms. The van der Waals surface area contributed by atoms with Crippen molar-refractivity contribution in [1.29, 1.82) is 0 Å². The second-order valence-electron chi connectivity index (χ2n) is 6.53. The third-order valence-electron chi connectivity index (χ3n) is 4.81. The first-order valence-corrected chi connectivity index (χ1v) is 9.45. The van der Waals surface area contributed by atoms with Gasteiger partial charge in [0.2, 0.25) is 5.91 Å². The zero-order valence-electron chi connectivity index (χ0n) is 15.2. The van der Waals surface area contributed by atoms with Gasteiger partial charge in [0.25, 0.3) is 5.91 Å². The van der Waals surface area contributed by atoms with Crippen LogP contribution < -0.4 is 0 Å². The fourth-order valence-electron chi connectivity index (χ4n) is 3.28. The predicted molar refractivity (Wildman–Crippen MR) is 108 cm³/mol. The zero-order chi connectivity index (χ0) is 19.5. The van der Waals surface area contributed by atoms with Crippen molar-refractivity contribution in [1.82, 2.24) is 19.2 Å². The molecular weight excluding hydrogens is 376 g/mol. The topological polar surface area (TPSA) is 57.9 Å². The van der Waals surface area contributed by atoms with Crippen LogP contribution in [-0.2, 0) is 4.79 Å². The molecule has 7 heteroatoms. The summed E-state index contributed by atoms with van der Waals surface area (Å²) in [6, 6.07) is 14.8. The van der Waals surface area contributed by atoms with Gasteiger partial charge in [0.1, 0.15) is 5.65 Å². The summed E-state index contributed by atoms with van der Waals surface area (Å²) in [5.74, 6) is -0.102. The Morgan fingerprint density at radius 1 is 0.929 bits per heavy atom. The molecule has 2 aromatic heterocycles. The van der Waals surface area contributed by atoms with E-state index >= 15 is 0 Å². The van der Waals surface area contributed by atoms with Gasteiger partial charge in [0.15, 0.2) is 5.15 Å². The van der Waals surface area contributed by atoms with E-state index in [0.29, 0.717) is 42.6 Å². The molecular formula is C21H19ClN4O2. The van der Waals surface area contributed by atoms with Gasteiger partial charge in [-0.15, -0.1) is 0 Å². The highest BCUT2D eigenvalue weighted by Gasteiger charge is 2.23. The number of nitrogens with zero attached hydrogens (tertiary/aromatic N) is 4. The molecule has 3 heterocycles. The molecule has 2 amide bonds. The Kier molecular flexibility index (Phi) is 5.12. The molecule has 0 aliphatic carbocycles. The number of carbonyl (C=O) groups is 2. The van der Waals surface area contributed by atoms with Crippen LogP contribution in [0, 0.1) is 0 Å². The van der Waals surface area contributed by atoms with E-state index < -0.39 is 0 Å². The smallest absolute Gasteiger partial charge is 0.253 e. The molecule has 6 nitrogen and oxygen atoms in total. The minimum atomic E-state index is -0.103. The number of halogens is 1. The van der Waals surface area contributed by atoms with Crippen LogP contribution in [0.2, 0.25) is 5.15 Å². The summed E-state index contributed by atoms with van der Waals surface area (Å²) < 4.78 is 1.84. The number of amides is 2. The Morgan fingerprint density at radius 2 is 1.61 bits per heavy atom. The number of hydrogen-bond donors (Lipinski definition) is 0. The Hall–Kier alpha value is -3.12. The van der Waals surface area contributed by atoms with Crippen LogP contribution in [0.25, 0.3) is 11.7 Å². The van der Waals surface area contributed by atoms with E-state index in [9.17, 15) is 9.59 Å². The van der Waals surface area contributed by atoms with Gasteiger partial charge in [0, 0.05) is 44.0 Å². The lowest BCUT2D eigenvalue weighted by molar-refractivity contribution is -0.127. The van der Waals surface area contributed by atoms with Crippen molar-refractivity contribution >= 4 is 35.1 Å². The normalized spacial score (nSPS) is 14.8. The number of carbonyl (C=O) groups excluding carboxylic acids is 2. The van der Waals surface area contributed by atoms with Gasteiger partial charge in [-0.1, -0.05) is 35.9 Å². The summed E-state index contributed by atoms with van der Waals surface area (Å²) in [6.07, 6.45) is 5.05. The molecule has 1 aliphatic rings. The summed E-state index contributed by atoms with van der Waals surface area (Å²) >= 11 is 6.20. The molecule has 1 aromatic carbocycles. The second kappa shape index (κ2) is 7.86. The summed E-state index contributed by atoms with van der Waals surface area (Å²) in [5, 5.41) is 0.355. The number of benzene rings is 1. The van der Waals surface area contributed by atoms with Crippen molar-refractivity contribution in [2.24, 2.45) is 0 Å². The fourth-order valence-corrected chi connectivity index (χ4v) is 3.52. The molecule has 1 fully saturated rings. The molecule has 0 unspecified atom stereocenters. The lowest BCUT2D eigenvalue weighted by Gasteiger charge is -2.34. The van der Waals surface area contributed by atoms with E-state index in [-0.39, 0.29) is 11.8 Å². The molecule has 3 aromatic rings. The van der Waals surface area contributed by atoms with E-state index in [0.717, 1.165) is 5.65 Å². The number of imidazole rings is 1. The van der Waals surface area contributed by atoms with Crippen molar-refractivity contribution in [2.75, 3.05) is 26.2 Å². The highest BCUT2D eigenvalue weighted by molar-refractivity contribution is 6.31. The van der Waals surface area contributed by atoms with E-state index in [2.05, 4.69) is 4.98 Å². The minimum Gasteiger partial charge on any atom is -0.336 e. The molecule has 0 saturated carbocycles. The van der Waals surface area contributed by atoms with Gasteiger partial charge in [-0.3, -0.25) is 14.0 Å². The maximum atomic E-state index is 12.6. The van der Waals surface area contributed by atoms with Gasteiger partial charge in [-0.2, -0.15) is 0 Å². The SMILES string of the molecule is O=C(/C=C/c1c(Cl)nc2ccccn12)N1CCN(C(=O)c2ccccc2)CC1. The zero-order valence-corrected chi connectivity index (χ0v) is 15.9. The molecule has 0 spiro atoms. The number of fused-ring (bicyclic) bond motifs is 1. The standard InChI is InChI=1S/C21H19ClN4O2/c22-20-17(26-11-5-4-8-18(26)23-20)9-10-19(27)24-12-14-25(15-13-24)21(28)16-6-2-1-3-7-16/h1-11H,12-15H2/b10-9+. The largest absolute Gasteiger partial charge is 0.336 e. The molecule has 28 heavy (non-hydrogen) atoms. The summed E-state index contributed by atoms with van der Waals surface area (Å²) in [7, 11) is 0. The maximum Gasteiger partial charge on any atom is 0.253 e. The van der Waals surface area contributed by atoms with Crippen molar-refractivity contribution in [3.05, 3.63) is 77.2 Å². The van der Waals surface area contributed by atoms with Gasteiger partial charge in [0.05, 0.1) is 5.69 Å². The van der Waals surface area contributed by atoms with Crippen molar-refractivity contribution in [3.8, 4) is 0 Å². The van der Waals surface area contributed by atoms with Gasteiger partial charge in [-0.05, 0) is 30.3 Å². The third kappa shape index (κ3) is 3.64. The fraction of sp³-hybridized carbons (Fsp3) is 0.190. The minimum absolute atomic E-state index is 0.000697. The molecule has 142 valence electrons. The number of pyridine rings is 1. The number of piperazine rings is 1. The molecule has 1 aliphatic heterocycles. The van der Waals surface area contributed by atoms with Crippen LogP contribution in [0.15, 0.2) is 60.8 Å². The van der Waals surface area contributed by atoms with Crippen LogP contribution in [-0.4, -0.2) is 57.2 Å². The highest BCUT2D eigenvalue weighted by Crippen LogP contribution is 2.19. The molecule has 0 N–H and O–H groups in total. The van der Waals surface area contributed by atoms with Crippen LogP contribution in [0.3, 0.4) is 0 Å². The first kappa shape index (κ1) is 18.3. The summed E-state index contributed by atoms with van der Waals surface area (Å²) in [4.78, 5) is 32.8. The second-order valence-corrected chi connectivity index (χ2v) is 6.89. The van der Waals surface area contributed by atoms with Gasteiger partial charge in [-0.25, -0.2) is 4.98 Å². The van der Waals surface area contributed by atoms with Gasteiger partial charge < -0.3 is 9.80 Å². The maximum absolute atomic E-state index is 12.6. The van der Waals surface area contributed by atoms with Crippen molar-refractivity contribution < 1.29 is 9.59 Å². The summed E-state index contributed by atoms with van der Waals surface area (Å²) in [5.41, 5.74) is 2.07. The first-order chi connectivity index (χ1) is 13.6. The monoisotopic (exact) mass is 394 g/mol. The van der Waals surface area contributed by atoms with Crippen molar-refractivity contribution in [3.63, 3.8) is 0 Å². The Balaban J connectivity index is 1.39. The Labute approximate surface area is 167 Å². The third-order valence-corrected chi connectivity index (χ3v) is 5.08. The van der Waals surface area contributed by atoms with E-state index in [1.807, 2.05) is 59.1 Å². The van der Waals surface area contributed by atoms with E-state index in [1.54, 1.807) is 15.9 Å². The number of hydrogen-bond acceptors (Lipinski definition) is 3. The van der Waals surface area contributed by atoms with E-state index in [4.69, 9.17) is 11.6 Å². The van der Waals surface area contributed by atoms with Crippen molar-refractivity contribution in [2.45, 2.75) is 0 Å². The van der Waals surface area contributed by atoms with Crippen LogP contribution in [0.1, 0.15) is 16.1 Å². The van der Waals surface area contributed by atoms with E-state index in [1.165, 1.54) is 6.08 Å². The Bertz CT molecular complexity index is 1040. The average molecular weight is 395 g/mol. The van der Waals surface area contributed by atoms with Crippen LogP contribution in [0.5, 0.6) is 0 Å². The number of rotatable bonds is 3. The highest BCUT2D eigenvalue weighted by atomic mass is 35.5. The van der Waals surface area contributed by atoms with Gasteiger partial charge >= 0.3 is 0 Å². The van der Waals surface area contributed by atoms with Crippen LogP contribution >= 0.6 is 11.6 Å². The lowest BCUT2D eigenvalue weighted by atomic mass is 10.2. The molecule has 0 radical (unpaired) electrons. The number of aromatic nitrogens is 2. The molecule has 1 saturated heterocycles. The molecule has 0 atom stereocenters. The Morgan fingerprint density at radius 3 is 2.36 bits per heavy atom. The average Bonchev–Trinajstić information content (AvgIpc) is 3.07. The first-order valence-electron chi connectivity index (χ1n) is 9.07. The summed E-state index contributed by atoms with van der Waals surface area (Å²) in [6.45, 7) is 2.04.